The molecule has 0 saturated carbocycles. The number of allylic oxidation sites excluding steroid dienone is 1. The Morgan fingerprint density at radius 3 is 2.62 bits per heavy atom. The van der Waals surface area contributed by atoms with Crippen LogP contribution in [0.25, 0.3) is 16.6 Å². The summed E-state index contributed by atoms with van der Waals surface area (Å²) in [5.74, 6) is -0.317. The number of piperidine rings is 1. The number of benzene rings is 3. The van der Waals surface area contributed by atoms with Crippen LogP contribution >= 0.6 is 11.6 Å². The lowest BCUT2D eigenvalue weighted by molar-refractivity contribution is -0.386. The molecule has 2 atom stereocenters. The molecule has 4 aliphatic rings. The lowest BCUT2D eigenvalue weighted by Crippen LogP contribution is -2.47. The highest BCUT2D eigenvalue weighted by atomic mass is 35.5. The second-order valence-corrected chi connectivity index (χ2v) is 21.0. The van der Waals surface area contributed by atoms with Gasteiger partial charge in [0.2, 0.25) is 0 Å². The van der Waals surface area contributed by atoms with Crippen molar-refractivity contribution >= 4 is 55.5 Å². The molecule has 0 spiro atoms. The first-order chi connectivity index (χ1) is 31.2. The van der Waals surface area contributed by atoms with Crippen molar-refractivity contribution in [1.82, 2.24) is 24.5 Å². The number of aromatic amines is 1. The maximum absolute atomic E-state index is 14.1. The number of nitrogens with zero attached hydrogens (tertiary/aromatic N) is 5. The number of piperazine rings is 1. The number of pyridine rings is 1. The number of hydrogen-bond acceptors (Lipinski definition) is 11. The van der Waals surface area contributed by atoms with Crippen LogP contribution in [0, 0.1) is 21.4 Å². The zero-order valence-electron chi connectivity index (χ0n) is 37.1. The quantitative estimate of drug-likeness (QED) is 0.0906. The number of sulfonamides is 1. The fourth-order valence-electron chi connectivity index (χ4n) is 9.91. The van der Waals surface area contributed by atoms with E-state index in [9.17, 15) is 23.3 Å². The van der Waals surface area contributed by atoms with E-state index in [2.05, 4.69) is 62.3 Å². The topological polar surface area (TPSA) is 163 Å². The van der Waals surface area contributed by atoms with Gasteiger partial charge in [0.05, 0.1) is 33.7 Å². The molecule has 1 aliphatic carbocycles. The Hall–Kier alpha value is -5.48. The van der Waals surface area contributed by atoms with E-state index in [0.29, 0.717) is 36.0 Å². The molecule has 65 heavy (non-hydrogen) atoms. The van der Waals surface area contributed by atoms with Gasteiger partial charge in [-0.2, -0.15) is 0 Å². The molecule has 14 nitrogen and oxygen atoms in total. The van der Waals surface area contributed by atoms with Crippen LogP contribution in [0.3, 0.4) is 0 Å². The molecule has 2 aromatic heterocycles. The number of carbonyl (C=O) groups is 1. The van der Waals surface area contributed by atoms with Crippen molar-refractivity contribution in [2.24, 2.45) is 11.3 Å². The van der Waals surface area contributed by atoms with Gasteiger partial charge in [0.15, 0.2) is 0 Å². The molecule has 3 aromatic carbocycles. The number of nitro groups is 1. The number of aromatic nitrogens is 2. The van der Waals surface area contributed by atoms with Gasteiger partial charge >= 0.3 is 0 Å². The molecule has 5 heterocycles. The molecule has 5 aromatic rings. The Morgan fingerprint density at radius 2 is 1.85 bits per heavy atom. The monoisotopic (exact) mass is 921 g/mol. The first kappa shape index (κ1) is 44.7. The number of nitro benzene ring substituents is 1. The molecule has 2 saturated heterocycles. The number of ether oxygens (including phenoxy) is 2. The smallest absolute Gasteiger partial charge is 0.277 e. The number of fused-ring (bicyclic) bond motifs is 2. The molecule has 0 bridgehead atoms. The van der Waals surface area contributed by atoms with Crippen LogP contribution in [0.2, 0.25) is 5.02 Å². The minimum Gasteiger partial charge on any atom is -0.493 e. The largest absolute Gasteiger partial charge is 0.493 e. The second-order valence-electron chi connectivity index (χ2n) is 18.9. The van der Waals surface area contributed by atoms with E-state index in [1.165, 1.54) is 35.4 Å². The predicted octanol–water partition coefficient (Wildman–Crippen LogP) is 9.25. The summed E-state index contributed by atoms with van der Waals surface area (Å²) in [5, 5.41) is 13.9. The van der Waals surface area contributed by atoms with Crippen LogP contribution in [-0.2, 0) is 16.4 Å². The first-order valence-electron chi connectivity index (χ1n) is 22.6. The molecule has 0 radical (unpaired) electrons. The Kier molecular flexibility index (Phi) is 12.7. The molecule has 16 heteroatoms. The zero-order valence-corrected chi connectivity index (χ0v) is 38.7. The number of amides is 1. The van der Waals surface area contributed by atoms with Crippen molar-refractivity contribution < 1.29 is 27.6 Å². The van der Waals surface area contributed by atoms with E-state index in [1.54, 1.807) is 30.5 Å². The second kappa shape index (κ2) is 18.4. The van der Waals surface area contributed by atoms with Gasteiger partial charge in [-0.25, -0.2) is 18.1 Å². The van der Waals surface area contributed by atoms with Crippen LogP contribution in [0.1, 0.15) is 80.8 Å². The van der Waals surface area contributed by atoms with Gasteiger partial charge in [-0.3, -0.25) is 19.8 Å². The van der Waals surface area contributed by atoms with Gasteiger partial charge in [0.1, 0.15) is 22.9 Å². The lowest BCUT2D eigenvalue weighted by atomic mass is 9.72. The highest BCUT2D eigenvalue weighted by Crippen LogP contribution is 2.44. The van der Waals surface area contributed by atoms with Crippen molar-refractivity contribution in [2.45, 2.75) is 76.7 Å². The molecular formula is C49H56ClN7O7S. The molecule has 0 unspecified atom stereocenters. The minimum absolute atomic E-state index is 0.0170. The van der Waals surface area contributed by atoms with Crippen molar-refractivity contribution in [1.29, 1.82) is 0 Å². The predicted molar refractivity (Wildman–Crippen MR) is 253 cm³/mol. The highest BCUT2D eigenvalue weighted by Gasteiger charge is 2.34. The number of halogens is 1. The standard InChI is InChI=1S/C49H56ClN7O7S/c1-32-6-4-5-17-56(32)29-33-22-42-44(57(59)60)25-40(26-45(42)63-31-33)65(61,62)53-48(58)41-12-11-38(24-46(41)64-39-23-35-14-16-51-47(35)52-28-39)55-20-18-54(19-21-55)30-36-13-15-49(2,3)27-43(36)34-7-9-37(50)10-8-34/h7-12,14,16,23-26,28,32-33H,4-6,13,15,17-22,27,29-31H2,1-3H3,(H,51,52)(H,53,58)/t32-,33+/m0/s1. The molecular weight excluding hydrogens is 866 g/mol. The Labute approximate surface area is 385 Å². The van der Waals surface area contributed by atoms with Crippen molar-refractivity contribution in [2.75, 3.05) is 57.3 Å². The number of H-pyrrole nitrogens is 1. The SMILES string of the molecule is C[C@H]1CCCCN1C[C@@H]1COc2cc(S(=O)(=O)NC(=O)c3ccc(N4CCN(CC5=C(c6ccc(Cl)cc6)CC(C)(C)CC5)CC4)cc3Oc3cnc4[nH]ccc4c3)cc([N+](=O)[O-])c2C1. The van der Waals surface area contributed by atoms with Gasteiger partial charge in [-0.1, -0.05) is 49.6 Å². The summed E-state index contributed by atoms with van der Waals surface area (Å²) >= 11 is 6.25. The van der Waals surface area contributed by atoms with Gasteiger partial charge in [-0.05, 0) is 105 Å². The maximum atomic E-state index is 14.1. The summed E-state index contributed by atoms with van der Waals surface area (Å²) in [6, 6.07) is 19.6. The Morgan fingerprint density at radius 1 is 1.05 bits per heavy atom. The Bertz CT molecular complexity index is 2750. The minimum atomic E-state index is -4.62. The van der Waals surface area contributed by atoms with Crippen LogP contribution in [0.4, 0.5) is 11.4 Å². The van der Waals surface area contributed by atoms with E-state index in [1.807, 2.05) is 18.2 Å². The molecule has 3 aliphatic heterocycles. The fourth-order valence-corrected chi connectivity index (χ4v) is 11.0. The number of likely N-dealkylation sites (tertiary alicyclic amines) is 1. The number of hydrogen-bond donors (Lipinski definition) is 2. The average Bonchev–Trinajstić information content (AvgIpc) is 3.76. The molecule has 2 N–H and O–H groups in total. The summed E-state index contributed by atoms with van der Waals surface area (Å²) in [5.41, 5.74) is 5.78. The summed E-state index contributed by atoms with van der Waals surface area (Å²) in [6.07, 6.45) is 10.3. The van der Waals surface area contributed by atoms with E-state index in [4.69, 9.17) is 21.1 Å². The van der Waals surface area contributed by atoms with Crippen LogP contribution < -0.4 is 19.1 Å². The molecule has 342 valence electrons. The normalized spacial score (nSPS) is 20.6. The fraction of sp³-hybridized carbons (Fsp3) is 0.429. The summed E-state index contributed by atoms with van der Waals surface area (Å²) in [6.45, 7) is 12.9. The van der Waals surface area contributed by atoms with Crippen molar-refractivity contribution in [3.8, 4) is 17.2 Å². The van der Waals surface area contributed by atoms with E-state index >= 15 is 0 Å². The molecule has 1 amide bonds. The first-order valence-corrected chi connectivity index (χ1v) is 24.5. The van der Waals surface area contributed by atoms with Crippen molar-refractivity contribution in [3.05, 3.63) is 117 Å². The Balaban J connectivity index is 0.937. The highest BCUT2D eigenvalue weighted by molar-refractivity contribution is 7.90. The molecule has 2 fully saturated rings. The average molecular weight is 923 g/mol. The van der Waals surface area contributed by atoms with Gasteiger partial charge < -0.3 is 24.3 Å². The number of anilines is 1. The lowest BCUT2D eigenvalue weighted by Gasteiger charge is -2.39. The van der Waals surface area contributed by atoms with Gasteiger partial charge in [0.25, 0.3) is 21.6 Å². The third kappa shape index (κ3) is 10.0. The van der Waals surface area contributed by atoms with E-state index in [0.717, 1.165) is 100 Å². The van der Waals surface area contributed by atoms with Gasteiger partial charge in [0, 0.05) is 91.7 Å². The summed E-state index contributed by atoms with van der Waals surface area (Å²) < 4.78 is 42.5. The third-order valence-electron chi connectivity index (χ3n) is 13.6. The van der Waals surface area contributed by atoms with Crippen LogP contribution in [0.15, 0.2) is 89.6 Å². The maximum Gasteiger partial charge on any atom is 0.277 e. The number of nitrogens with one attached hydrogen (secondary N) is 2. The summed E-state index contributed by atoms with van der Waals surface area (Å²) in [7, 11) is -4.62. The van der Waals surface area contributed by atoms with E-state index < -0.39 is 25.7 Å². The van der Waals surface area contributed by atoms with Crippen molar-refractivity contribution in [3.63, 3.8) is 0 Å². The number of rotatable bonds is 12. The third-order valence-corrected chi connectivity index (χ3v) is 15.2. The van der Waals surface area contributed by atoms with Crippen LogP contribution in [0.5, 0.6) is 17.2 Å². The van der Waals surface area contributed by atoms with E-state index in [-0.39, 0.29) is 34.1 Å². The summed E-state index contributed by atoms with van der Waals surface area (Å²) in [4.78, 5) is 40.1. The zero-order chi connectivity index (χ0) is 45.5. The van der Waals surface area contributed by atoms with Gasteiger partial charge in [-0.15, -0.1) is 0 Å². The molecule has 9 rings (SSSR count). The van der Waals surface area contributed by atoms with Crippen LogP contribution in [-0.4, -0.2) is 97.5 Å². The number of carbonyl (C=O) groups excluding carboxylic acids is 1.